The van der Waals surface area contributed by atoms with E-state index in [1.54, 1.807) is 12.4 Å². The zero-order valence-corrected chi connectivity index (χ0v) is 19.2. The van der Waals surface area contributed by atoms with E-state index in [4.69, 9.17) is 4.74 Å². The molecule has 1 aromatic heterocycles. The summed E-state index contributed by atoms with van der Waals surface area (Å²) in [5.74, 6) is -0.213. The number of hydrogen-bond donors (Lipinski definition) is 2. The van der Waals surface area contributed by atoms with Crippen molar-refractivity contribution in [2.24, 2.45) is 0 Å². The molecule has 0 saturated carbocycles. The summed E-state index contributed by atoms with van der Waals surface area (Å²) in [4.78, 5) is 29.0. The Balaban J connectivity index is 1.74. The molecule has 0 aliphatic carbocycles. The summed E-state index contributed by atoms with van der Waals surface area (Å²) in [6, 6.07) is 15.3. The lowest BCUT2D eigenvalue weighted by molar-refractivity contribution is 0.102. The van der Waals surface area contributed by atoms with Crippen LogP contribution in [0.25, 0.3) is 11.1 Å². The topological polar surface area (TPSA) is 80.3 Å². The predicted molar refractivity (Wildman–Crippen MR) is 127 cm³/mol. The number of nitrogens with one attached hydrogen (secondary N) is 2. The van der Waals surface area contributed by atoms with Crippen LogP contribution in [-0.2, 0) is 11.3 Å². The van der Waals surface area contributed by atoms with E-state index in [9.17, 15) is 9.59 Å². The van der Waals surface area contributed by atoms with Crippen LogP contribution in [0, 0.1) is 13.8 Å². The summed E-state index contributed by atoms with van der Waals surface area (Å²) in [6.07, 6.45) is 2.80. The van der Waals surface area contributed by atoms with Crippen molar-refractivity contribution in [2.75, 3.05) is 5.32 Å². The maximum absolute atomic E-state index is 12.8. The minimum Gasteiger partial charge on any atom is -0.445 e. The van der Waals surface area contributed by atoms with Crippen LogP contribution in [0.4, 0.5) is 10.5 Å². The average molecular weight is 432 g/mol. The fraction of sp³-hybridized carbons (Fsp3) is 0.269. The van der Waals surface area contributed by atoms with Crippen LogP contribution in [0.15, 0.2) is 60.9 Å². The highest BCUT2D eigenvalue weighted by atomic mass is 16.5. The Labute approximate surface area is 189 Å². The van der Waals surface area contributed by atoms with Crippen molar-refractivity contribution in [2.45, 2.75) is 46.8 Å². The largest absolute Gasteiger partial charge is 0.445 e. The Morgan fingerprint density at radius 1 is 0.938 bits per heavy atom. The van der Waals surface area contributed by atoms with E-state index in [0.29, 0.717) is 5.56 Å². The molecule has 166 valence electrons. The number of alkyl carbamates (subject to hydrolysis) is 1. The minimum atomic E-state index is -0.463. The number of carbonyl (C=O) groups excluding carboxylic acids is 2. The van der Waals surface area contributed by atoms with Gasteiger partial charge in [-0.2, -0.15) is 0 Å². The molecule has 0 bridgehead atoms. The zero-order chi connectivity index (χ0) is 23.3. The van der Waals surface area contributed by atoms with E-state index >= 15 is 0 Å². The van der Waals surface area contributed by atoms with Crippen LogP contribution >= 0.6 is 0 Å². The summed E-state index contributed by atoms with van der Waals surface area (Å²) >= 11 is 0. The normalized spacial score (nSPS) is 11.0. The quantitative estimate of drug-likeness (QED) is 0.548. The molecule has 1 heterocycles. The van der Waals surface area contributed by atoms with E-state index in [2.05, 4.69) is 15.6 Å². The highest BCUT2D eigenvalue weighted by molar-refractivity contribution is 6.05. The predicted octanol–water partition coefficient (Wildman–Crippen LogP) is 5.64. The number of aromatic nitrogens is 1. The Kier molecular flexibility index (Phi) is 6.93. The number of aryl methyl sites for hydroxylation is 2. The summed E-state index contributed by atoms with van der Waals surface area (Å²) in [5, 5.41) is 5.76. The summed E-state index contributed by atoms with van der Waals surface area (Å²) in [6.45, 7) is 9.76. The molecule has 6 nitrogen and oxygen atoms in total. The molecular formula is C26H29N3O3. The maximum atomic E-state index is 12.8. The van der Waals surface area contributed by atoms with Gasteiger partial charge < -0.3 is 15.4 Å². The molecule has 0 unspecified atom stereocenters. The second-order valence-electron chi connectivity index (χ2n) is 8.83. The van der Waals surface area contributed by atoms with Gasteiger partial charge in [0.05, 0.1) is 5.56 Å². The second-order valence-corrected chi connectivity index (χ2v) is 8.83. The van der Waals surface area contributed by atoms with Crippen molar-refractivity contribution in [1.82, 2.24) is 10.3 Å². The molecule has 2 amide bonds. The minimum absolute atomic E-state index is 0.149. The van der Waals surface area contributed by atoms with E-state index in [1.807, 2.05) is 83.1 Å². The van der Waals surface area contributed by atoms with Gasteiger partial charge in [0.2, 0.25) is 0 Å². The van der Waals surface area contributed by atoms with Crippen molar-refractivity contribution in [3.8, 4) is 11.1 Å². The molecule has 2 aromatic carbocycles. The zero-order valence-electron chi connectivity index (χ0n) is 19.2. The van der Waals surface area contributed by atoms with Gasteiger partial charge in [-0.25, -0.2) is 4.79 Å². The third-order valence-corrected chi connectivity index (χ3v) is 4.83. The molecule has 3 rings (SSSR count). The van der Waals surface area contributed by atoms with E-state index in [0.717, 1.165) is 33.5 Å². The first-order chi connectivity index (χ1) is 15.1. The third kappa shape index (κ3) is 6.17. The Hall–Kier alpha value is -3.67. The number of ether oxygens (including phenoxy) is 1. The summed E-state index contributed by atoms with van der Waals surface area (Å²) < 4.78 is 5.32. The van der Waals surface area contributed by atoms with Gasteiger partial charge in [0.15, 0.2) is 0 Å². The smallest absolute Gasteiger partial charge is 0.407 e. The van der Waals surface area contributed by atoms with Crippen LogP contribution in [0.1, 0.15) is 47.8 Å². The molecule has 0 saturated heterocycles. The Morgan fingerprint density at radius 3 is 2.31 bits per heavy atom. The number of carbonyl (C=O) groups is 2. The molecule has 32 heavy (non-hydrogen) atoms. The van der Waals surface area contributed by atoms with Crippen LogP contribution in [0.2, 0.25) is 0 Å². The molecule has 0 aliphatic heterocycles. The monoisotopic (exact) mass is 431 g/mol. The summed E-state index contributed by atoms with van der Waals surface area (Å²) in [7, 11) is 0. The van der Waals surface area contributed by atoms with Gasteiger partial charge in [-0.3, -0.25) is 9.78 Å². The number of para-hydroxylation sites is 1. The number of hydrogen-bond acceptors (Lipinski definition) is 4. The number of pyridine rings is 1. The van der Waals surface area contributed by atoms with Crippen LogP contribution in [-0.4, -0.2) is 22.5 Å². The van der Waals surface area contributed by atoms with Gasteiger partial charge in [-0.15, -0.1) is 0 Å². The molecule has 0 atom stereocenters. The summed E-state index contributed by atoms with van der Waals surface area (Å²) in [5.41, 5.74) is 5.47. The van der Waals surface area contributed by atoms with Crippen molar-refractivity contribution < 1.29 is 14.3 Å². The highest BCUT2D eigenvalue weighted by Crippen LogP contribution is 2.23. The first-order valence-electron chi connectivity index (χ1n) is 10.5. The molecular weight excluding hydrogens is 402 g/mol. The van der Waals surface area contributed by atoms with Crippen molar-refractivity contribution in [3.63, 3.8) is 0 Å². The fourth-order valence-electron chi connectivity index (χ4n) is 3.25. The third-order valence-electron chi connectivity index (χ3n) is 4.83. The van der Waals surface area contributed by atoms with Gasteiger partial charge in [0.25, 0.3) is 5.91 Å². The van der Waals surface area contributed by atoms with Gasteiger partial charge in [-0.05, 0) is 69.0 Å². The van der Waals surface area contributed by atoms with Crippen LogP contribution in [0.3, 0.4) is 0 Å². The van der Waals surface area contributed by atoms with E-state index in [1.165, 1.54) is 0 Å². The lowest BCUT2D eigenvalue weighted by atomic mass is 10.0. The van der Waals surface area contributed by atoms with Crippen molar-refractivity contribution in [3.05, 3.63) is 83.2 Å². The average Bonchev–Trinajstić information content (AvgIpc) is 2.74. The Morgan fingerprint density at radius 2 is 1.62 bits per heavy atom. The van der Waals surface area contributed by atoms with Gasteiger partial charge in [-0.1, -0.05) is 36.4 Å². The molecule has 2 N–H and O–H groups in total. The maximum Gasteiger partial charge on any atom is 0.407 e. The fourth-order valence-corrected chi connectivity index (χ4v) is 3.25. The molecule has 0 fully saturated rings. The molecule has 0 radical (unpaired) electrons. The van der Waals surface area contributed by atoms with Gasteiger partial charge in [0.1, 0.15) is 6.61 Å². The Bertz CT molecular complexity index is 1110. The number of nitrogens with zero attached hydrogens (tertiary/aromatic N) is 1. The standard InChI is InChI=1S/C26H29N3O3/c1-17-8-6-9-18(2)23(17)28-24(30)22-13-21(14-27-15-22)20-11-7-10-19(12-20)16-32-25(31)29-26(3,4)5/h6-15H,16H2,1-5H3,(H,28,30)(H,29,31). The molecule has 3 aromatic rings. The molecule has 0 aliphatic rings. The SMILES string of the molecule is Cc1cccc(C)c1NC(=O)c1cncc(-c2cccc(COC(=O)NC(C)(C)C)c2)c1. The molecule has 0 spiro atoms. The van der Waals surface area contributed by atoms with Crippen molar-refractivity contribution in [1.29, 1.82) is 0 Å². The van der Waals surface area contributed by atoms with Gasteiger partial charge in [0, 0.05) is 29.2 Å². The number of rotatable bonds is 5. The second kappa shape index (κ2) is 9.64. The number of benzene rings is 2. The van der Waals surface area contributed by atoms with Gasteiger partial charge >= 0.3 is 6.09 Å². The van der Waals surface area contributed by atoms with Crippen molar-refractivity contribution >= 4 is 17.7 Å². The number of amides is 2. The highest BCUT2D eigenvalue weighted by Gasteiger charge is 2.15. The number of anilines is 1. The van der Waals surface area contributed by atoms with Crippen LogP contribution < -0.4 is 10.6 Å². The van der Waals surface area contributed by atoms with E-state index in [-0.39, 0.29) is 18.1 Å². The van der Waals surface area contributed by atoms with Crippen LogP contribution in [0.5, 0.6) is 0 Å². The lowest BCUT2D eigenvalue weighted by Gasteiger charge is -2.20. The molecule has 6 heteroatoms. The lowest BCUT2D eigenvalue weighted by Crippen LogP contribution is -2.40. The first-order valence-corrected chi connectivity index (χ1v) is 10.5. The van der Waals surface area contributed by atoms with E-state index < -0.39 is 6.09 Å². The first kappa shape index (κ1) is 23.0.